The average molecular weight is 261 g/mol. The van der Waals surface area contributed by atoms with E-state index >= 15 is 0 Å². The van der Waals surface area contributed by atoms with Gasteiger partial charge in [0.25, 0.3) is 0 Å². The first kappa shape index (κ1) is 13.0. The largest absolute Gasteiger partial charge is 0.399 e. The van der Waals surface area contributed by atoms with Gasteiger partial charge in [-0.1, -0.05) is 6.92 Å². The van der Waals surface area contributed by atoms with Crippen molar-refractivity contribution in [3.63, 3.8) is 0 Å². The number of pyridine rings is 1. The van der Waals surface area contributed by atoms with Crippen LogP contribution >= 0.6 is 11.8 Å². The van der Waals surface area contributed by atoms with Crippen molar-refractivity contribution in [3.05, 3.63) is 30.5 Å². The molecular weight excluding hydrogens is 242 g/mol. The summed E-state index contributed by atoms with van der Waals surface area (Å²) in [7, 11) is 0. The number of rotatable bonds is 5. The van der Waals surface area contributed by atoms with Crippen molar-refractivity contribution < 1.29 is 0 Å². The van der Waals surface area contributed by atoms with Crippen LogP contribution in [-0.2, 0) is 0 Å². The molecule has 1 heterocycles. The highest BCUT2D eigenvalue weighted by molar-refractivity contribution is 7.98. The summed E-state index contributed by atoms with van der Waals surface area (Å²) >= 11 is 1.86. The Morgan fingerprint density at radius 1 is 1.39 bits per heavy atom. The molecule has 4 heteroatoms. The Labute approximate surface area is 112 Å². The molecule has 1 aromatic heterocycles. The van der Waals surface area contributed by atoms with Gasteiger partial charge in [0, 0.05) is 34.8 Å². The van der Waals surface area contributed by atoms with Gasteiger partial charge in [-0.15, -0.1) is 0 Å². The number of nitrogens with one attached hydrogen (secondary N) is 1. The van der Waals surface area contributed by atoms with E-state index < -0.39 is 0 Å². The van der Waals surface area contributed by atoms with E-state index in [4.69, 9.17) is 5.73 Å². The number of thioether (sulfide) groups is 1. The highest BCUT2D eigenvalue weighted by atomic mass is 32.2. The molecule has 0 aliphatic heterocycles. The topological polar surface area (TPSA) is 50.9 Å². The number of nitrogen functional groups attached to an aromatic ring is 1. The molecule has 2 aromatic rings. The molecule has 0 aliphatic rings. The number of nitrogens with two attached hydrogens (primary N) is 1. The van der Waals surface area contributed by atoms with E-state index in [0.717, 1.165) is 34.5 Å². The second kappa shape index (κ2) is 5.96. The fourth-order valence-electron chi connectivity index (χ4n) is 1.97. The predicted molar refractivity (Wildman–Crippen MR) is 82.2 cm³/mol. The average Bonchev–Trinajstić information content (AvgIpc) is 2.38. The first-order chi connectivity index (χ1) is 8.74. The molecule has 0 bridgehead atoms. The van der Waals surface area contributed by atoms with E-state index in [0.29, 0.717) is 6.04 Å². The van der Waals surface area contributed by atoms with Gasteiger partial charge >= 0.3 is 0 Å². The van der Waals surface area contributed by atoms with E-state index in [2.05, 4.69) is 23.5 Å². The maximum atomic E-state index is 5.79. The van der Waals surface area contributed by atoms with E-state index in [9.17, 15) is 0 Å². The molecule has 1 unspecified atom stereocenters. The maximum absolute atomic E-state index is 5.79. The SMILES string of the molecule is CCC(CSC)Nc1ccnc2cc(N)ccc12. The molecule has 0 radical (unpaired) electrons. The maximum Gasteiger partial charge on any atom is 0.0743 e. The molecule has 96 valence electrons. The first-order valence-electron chi connectivity index (χ1n) is 6.14. The van der Waals surface area contributed by atoms with Gasteiger partial charge in [0.15, 0.2) is 0 Å². The smallest absolute Gasteiger partial charge is 0.0743 e. The fourth-order valence-corrected chi connectivity index (χ4v) is 2.70. The minimum atomic E-state index is 0.489. The van der Waals surface area contributed by atoms with Crippen molar-refractivity contribution in [2.75, 3.05) is 23.1 Å². The summed E-state index contributed by atoms with van der Waals surface area (Å²) in [4.78, 5) is 4.36. The molecular formula is C14H19N3S. The van der Waals surface area contributed by atoms with Crippen molar-refractivity contribution in [1.29, 1.82) is 0 Å². The van der Waals surface area contributed by atoms with Crippen LogP contribution in [0.4, 0.5) is 11.4 Å². The van der Waals surface area contributed by atoms with Gasteiger partial charge in [0.2, 0.25) is 0 Å². The minimum absolute atomic E-state index is 0.489. The Morgan fingerprint density at radius 2 is 2.22 bits per heavy atom. The van der Waals surface area contributed by atoms with Gasteiger partial charge < -0.3 is 11.1 Å². The Kier molecular flexibility index (Phi) is 4.31. The molecule has 1 aromatic carbocycles. The first-order valence-corrected chi connectivity index (χ1v) is 7.53. The van der Waals surface area contributed by atoms with Crippen molar-refractivity contribution in [2.24, 2.45) is 0 Å². The number of hydrogen-bond acceptors (Lipinski definition) is 4. The van der Waals surface area contributed by atoms with E-state index in [1.54, 1.807) is 0 Å². The second-order valence-electron chi connectivity index (χ2n) is 4.34. The van der Waals surface area contributed by atoms with Gasteiger partial charge in [-0.2, -0.15) is 11.8 Å². The number of anilines is 2. The van der Waals surface area contributed by atoms with Gasteiger partial charge in [-0.25, -0.2) is 0 Å². The van der Waals surface area contributed by atoms with Gasteiger partial charge in [0.05, 0.1) is 5.52 Å². The van der Waals surface area contributed by atoms with Gasteiger partial charge in [-0.05, 0) is 36.9 Å². The molecule has 2 rings (SSSR count). The van der Waals surface area contributed by atoms with E-state index in [1.165, 1.54) is 0 Å². The lowest BCUT2D eigenvalue weighted by Crippen LogP contribution is -2.21. The Morgan fingerprint density at radius 3 is 2.94 bits per heavy atom. The number of hydrogen-bond donors (Lipinski definition) is 2. The highest BCUT2D eigenvalue weighted by Crippen LogP contribution is 2.24. The molecule has 1 atom stereocenters. The van der Waals surface area contributed by atoms with Gasteiger partial charge in [0.1, 0.15) is 0 Å². The molecule has 0 amide bonds. The molecule has 3 nitrogen and oxygen atoms in total. The molecule has 0 saturated heterocycles. The van der Waals surface area contributed by atoms with Crippen LogP contribution in [0.5, 0.6) is 0 Å². The zero-order chi connectivity index (χ0) is 13.0. The summed E-state index contributed by atoms with van der Waals surface area (Å²) in [6.07, 6.45) is 5.07. The number of benzene rings is 1. The van der Waals surface area contributed by atoms with Crippen molar-refractivity contribution in [3.8, 4) is 0 Å². The fraction of sp³-hybridized carbons (Fsp3) is 0.357. The lowest BCUT2D eigenvalue weighted by atomic mass is 10.1. The summed E-state index contributed by atoms with van der Waals surface area (Å²) in [5, 5.41) is 4.72. The molecule has 3 N–H and O–H groups in total. The van der Waals surface area contributed by atoms with Crippen LogP contribution in [0, 0.1) is 0 Å². The standard InChI is InChI=1S/C14H19N3S/c1-3-11(9-18-2)17-13-6-7-16-14-8-10(15)4-5-12(13)14/h4-8,11H,3,9,15H2,1-2H3,(H,16,17). The predicted octanol–water partition coefficient (Wildman–Crippen LogP) is 3.37. The molecule has 0 spiro atoms. The second-order valence-corrected chi connectivity index (χ2v) is 5.25. The Balaban J connectivity index is 2.32. The van der Waals surface area contributed by atoms with Crippen molar-refractivity contribution >= 4 is 34.0 Å². The third-order valence-electron chi connectivity index (χ3n) is 2.99. The monoisotopic (exact) mass is 261 g/mol. The summed E-state index contributed by atoms with van der Waals surface area (Å²) in [5.74, 6) is 1.11. The van der Waals surface area contributed by atoms with Crippen molar-refractivity contribution in [1.82, 2.24) is 4.98 Å². The zero-order valence-corrected chi connectivity index (χ0v) is 11.6. The van der Waals surface area contributed by atoms with E-state index in [1.807, 2.05) is 42.2 Å². The van der Waals surface area contributed by atoms with Gasteiger partial charge in [-0.3, -0.25) is 4.98 Å². The lowest BCUT2D eigenvalue weighted by molar-refractivity contribution is 0.776. The van der Waals surface area contributed by atoms with Crippen LogP contribution in [0.25, 0.3) is 10.9 Å². The molecule has 0 fully saturated rings. The Bertz CT molecular complexity index is 527. The van der Waals surface area contributed by atoms with Crippen LogP contribution in [0.15, 0.2) is 30.5 Å². The summed E-state index contributed by atoms with van der Waals surface area (Å²) in [5.41, 5.74) is 8.62. The van der Waals surface area contributed by atoms with Crippen LogP contribution in [0.1, 0.15) is 13.3 Å². The third kappa shape index (κ3) is 2.88. The lowest BCUT2D eigenvalue weighted by Gasteiger charge is -2.18. The Hall–Kier alpha value is -1.42. The van der Waals surface area contributed by atoms with Crippen LogP contribution in [0.2, 0.25) is 0 Å². The molecule has 0 saturated carbocycles. The zero-order valence-electron chi connectivity index (χ0n) is 10.8. The normalized spacial score (nSPS) is 12.6. The summed E-state index contributed by atoms with van der Waals surface area (Å²) in [6.45, 7) is 2.20. The van der Waals surface area contributed by atoms with Crippen molar-refractivity contribution in [2.45, 2.75) is 19.4 Å². The van der Waals surface area contributed by atoms with Crippen LogP contribution in [0.3, 0.4) is 0 Å². The summed E-state index contributed by atoms with van der Waals surface area (Å²) in [6, 6.07) is 8.39. The molecule has 18 heavy (non-hydrogen) atoms. The number of nitrogens with zero attached hydrogens (tertiary/aromatic N) is 1. The van der Waals surface area contributed by atoms with Crippen LogP contribution in [-0.4, -0.2) is 23.0 Å². The molecule has 0 aliphatic carbocycles. The third-order valence-corrected chi connectivity index (χ3v) is 3.72. The highest BCUT2D eigenvalue weighted by Gasteiger charge is 2.08. The quantitative estimate of drug-likeness (QED) is 0.810. The minimum Gasteiger partial charge on any atom is -0.399 e. The van der Waals surface area contributed by atoms with Crippen LogP contribution < -0.4 is 11.1 Å². The summed E-state index contributed by atoms with van der Waals surface area (Å²) < 4.78 is 0. The van der Waals surface area contributed by atoms with E-state index in [-0.39, 0.29) is 0 Å². The number of aromatic nitrogens is 1. The number of fused-ring (bicyclic) bond motifs is 1.